The molecule has 1 aromatic heterocycles. The van der Waals surface area contributed by atoms with E-state index in [-0.39, 0.29) is 11.5 Å². The first kappa shape index (κ1) is 13.5. The van der Waals surface area contributed by atoms with Crippen LogP contribution in [0.2, 0.25) is 10.0 Å². The Kier molecular flexibility index (Phi) is 4.09. The van der Waals surface area contributed by atoms with E-state index in [9.17, 15) is 10.2 Å². The number of hydrogen-bond donors (Lipinski definition) is 3. The molecule has 0 saturated carbocycles. The van der Waals surface area contributed by atoms with Gasteiger partial charge in [0.2, 0.25) is 0 Å². The zero-order valence-electron chi connectivity index (χ0n) is 9.51. The summed E-state index contributed by atoms with van der Waals surface area (Å²) >= 11 is 11.6. The van der Waals surface area contributed by atoms with E-state index in [1.165, 1.54) is 24.5 Å². The quantitative estimate of drug-likeness (QED) is 0.462. The van der Waals surface area contributed by atoms with Gasteiger partial charge in [-0.15, -0.1) is 0 Å². The molecule has 19 heavy (non-hydrogen) atoms. The van der Waals surface area contributed by atoms with Gasteiger partial charge < -0.3 is 10.2 Å². The fourth-order valence-electron chi connectivity index (χ4n) is 1.31. The minimum atomic E-state index is -0.247. The Morgan fingerprint density at radius 2 is 2.05 bits per heavy atom. The van der Waals surface area contributed by atoms with Crippen molar-refractivity contribution in [3.05, 3.63) is 46.1 Å². The number of anilines is 1. The number of nitrogens with one attached hydrogen (secondary N) is 1. The van der Waals surface area contributed by atoms with Gasteiger partial charge >= 0.3 is 0 Å². The van der Waals surface area contributed by atoms with E-state index < -0.39 is 0 Å². The molecule has 0 bridgehead atoms. The van der Waals surface area contributed by atoms with Crippen LogP contribution >= 0.6 is 23.2 Å². The normalized spacial score (nSPS) is 10.8. The Balaban J connectivity index is 2.14. The third-order valence-electron chi connectivity index (χ3n) is 2.23. The van der Waals surface area contributed by atoms with Gasteiger partial charge in [0.15, 0.2) is 17.3 Å². The monoisotopic (exact) mass is 297 g/mol. The summed E-state index contributed by atoms with van der Waals surface area (Å²) in [6, 6.07) is 6.08. The third-order valence-corrected chi connectivity index (χ3v) is 2.72. The lowest BCUT2D eigenvalue weighted by Gasteiger charge is -2.03. The van der Waals surface area contributed by atoms with Crippen molar-refractivity contribution in [3.63, 3.8) is 0 Å². The van der Waals surface area contributed by atoms with Gasteiger partial charge in [-0.3, -0.25) is 5.43 Å². The molecular weight excluding hydrogens is 289 g/mol. The molecule has 98 valence electrons. The zero-order valence-corrected chi connectivity index (χ0v) is 11.0. The molecule has 3 N–H and O–H groups in total. The summed E-state index contributed by atoms with van der Waals surface area (Å²) in [7, 11) is 0. The van der Waals surface area contributed by atoms with Gasteiger partial charge in [0.05, 0.1) is 16.3 Å². The third kappa shape index (κ3) is 3.27. The lowest BCUT2D eigenvalue weighted by molar-refractivity contribution is 0.403. The molecule has 1 aromatic carbocycles. The highest BCUT2D eigenvalue weighted by Gasteiger charge is 2.04. The standard InChI is InChI=1S/C12H9Cl2N3O2/c13-8-4-9(14)12(15-6-8)17-16-5-7-2-1-3-10(18)11(7)19/h1-6,18-19H,(H,15,17). The van der Waals surface area contributed by atoms with Crippen LogP contribution in [0.5, 0.6) is 11.5 Å². The highest BCUT2D eigenvalue weighted by atomic mass is 35.5. The number of hydrazone groups is 1. The molecule has 1 heterocycles. The van der Waals surface area contributed by atoms with Gasteiger partial charge in [-0.2, -0.15) is 5.10 Å². The lowest BCUT2D eigenvalue weighted by Crippen LogP contribution is -1.94. The number of phenols is 2. The lowest BCUT2D eigenvalue weighted by atomic mass is 10.2. The number of aromatic nitrogens is 1. The molecule has 0 spiro atoms. The maximum atomic E-state index is 9.56. The molecule has 0 aliphatic heterocycles. The van der Waals surface area contributed by atoms with Gasteiger partial charge in [0.25, 0.3) is 0 Å². The molecule has 0 amide bonds. The fourth-order valence-corrected chi connectivity index (χ4v) is 1.74. The maximum absolute atomic E-state index is 9.56. The molecule has 2 aromatic rings. The van der Waals surface area contributed by atoms with Gasteiger partial charge in [-0.25, -0.2) is 4.98 Å². The van der Waals surface area contributed by atoms with Crippen LogP contribution in [0.3, 0.4) is 0 Å². The van der Waals surface area contributed by atoms with Crippen LogP contribution in [0, 0.1) is 0 Å². The predicted octanol–water partition coefficient (Wildman–Crippen LogP) is 3.25. The van der Waals surface area contributed by atoms with E-state index in [4.69, 9.17) is 23.2 Å². The highest BCUT2D eigenvalue weighted by molar-refractivity contribution is 6.35. The number of halogens is 2. The Hall–Kier alpha value is -1.98. The van der Waals surface area contributed by atoms with Crippen molar-refractivity contribution < 1.29 is 10.2 Å². The first-order valence-electron chi connectivity index (χ1n) is 5.19. The second kappa shape index (κ2) is 5.77. The number of nitrogens with zero attached hydrogens (tertiary/aromatic N) is 2. The minimum Gasteiger partial charge on any atom is -0.504 e. The smallest absolute Gasteiger partial charge is 0.166 e. The average Bonchev–Trinajstić information content (AvgIpc) is 2.37. The van der Waals surface area contributed by atoms with E-state index >= 15 is 0 Å². The largest absolute Gasteiger partial charge is 0.504 e. The summed E-state index contributed by atoms with van der Waals surface area (Å²) in [5.74, 6) is -0.128. The second-order valence-electron chi connectivity index (χ2n) is 3.57. The van der Waals surface area contributed by atoms with E-state index in [0.29, 0.717) is 21.4 Å². The molecule has 0 saturated heterocycles. The first-order valence-corrected chi connectivity index (χ1v) is 5.94. The van der Waals surface area contributed by atoms with Gasteiger partial charge in [-0.1, -0.05) is 29.3 Å². The summed E-state index contributed by atoms with van der Waals surface area (Å²) in [6.07, 6.45) is 2.76. The van der Waals surface area contributed by atoms with Crippen molar-refractivity contribution in [2.45, 2.75) is 0 Å². The van der Waals surface area contributed by atoms with E-state index in [2.05, 4.69) is 15.5 Å². The molecule has 0 atom stereocenters. The summed E-state index contributed by atoms with van der Waals surface area (Å²) in [6.45, 7) is 0. The Labute approximate surface area is 119 Å². The molecule has 5 nitrogen and oxygen atoms in total. The van der Waals surface area contributed by atoms with Crippen LogP contribution in [0.25, 0.3) is 0 Å². The molecule has 0 unspecified atom stereocenters. The Morgan fingerprint density at radius 3 is 2.79 bits per heavy atom. The summed E-state index contributed by atoms with van der Waals surface area (Å²) in [4.78, 5) is 3.95. The highest BCUT2D eigenvalue weighted by Crippen LogP contribution is 2.27. The number of rotatable bonds is 3. The Morgan fingerprint density at radius 1 is 1.26 bits per heavy atom. The number of aromatic hydroxyl groups is 2. The van der Waals surface area contributed by atoms with E-state index in [1.54, 1.807) is 12.1 Å². The van der Waals surface area contributed by atoms with Gasteiger partial charge in [0.1, 0.15) is 0 Å². The molecule has 2 rings (SSSR count). The van der Waals surface area contributed by atoms with Crippen molar-refractivity contribution in [3.8, 4) is 11.5 Å². The van der Waals surface area contributed by atoms with Crippen LogP contribution in [0.4, 0.5) is 5.82 Å². The van der Waals surface area contributed by atoms with Crippen molar-refractivity contribution in [1.82, 2.24) is 4.98 Å². The summed E-state index contributed by atoms with van der Waals surface area (Å²) in [5.41, 5.74) is 2.97. The molecule has 0 aliphatic carbocycles. The van der Waals surface area contributed by atoms with E-state index in [0.717, 1.165) is 0 Å². The number of hydrogen-bond acceptors (Lipinski definition) is 5. The van der Waals surface area contributed by atoms with Crippen LogP contribution in [0.1, 0.15) is 5.56 Å². The molecule has 0 fully saturated rings. The van der Waals surface area contributed by atoms with Crippen molar-refractivity contribution >= 4 is 35.2 Å². The fraction of sp³-hybridized carbons (Fsp3) is 0. The van der Waals surface area contributed by atoms with Gasteiger partial charge in [0, 0.05) is 11.8 Å². The number of benzene rings is 1. The summed E-state index contributed by atoms with van der Waals surface area (Å²) < 4.78 is 0. The van der Waals surface area contributed by atoms with Crippen LogP contribution in [-0.2, 0) is 0 Å². The molecule has 7 heteroatoms. The number of phenolic OH excluding ortho intramolecular Hbond substituents is 2. The Bertz CT molecular complexity index is 632. The van der Waals surface area contributed by atoms with Crippen LogP contribution in [-0.4, -0.2) is 21.4 Å². The molecule has 0 aliphatic rings. The first-order chi connectivity index (χ1) is 9.08. The number of pyridine rings is 1. The molecular formula is C12H9Cl2N3O2. The van der Waals surface area contributed by atoms with Gasteiger partial charge in [-0.05, 0) is 18.2 Å². The van der Waals surface area contributed by atoms with Crippen molar-refractivity contribution in [1.29, 1.82) is 0 Å². The number of para-hydroxylation sites is 1. The van der Waals surface area contributed by atoms with E-state index in [1.807, 2.05) is 0 Å². The predicted molar refractivity (Wildman–Crippen MR) is 75.2 cm³/mol. The average molecular weight is 298 g/mol. The van der Waals surface area contributed by atoms with Crippen molar-refractivity contribution in [2.24, 2.45) is 5.10 Å². The van der Waals surface area contributed by atoms with Crippen LogP contribution in [0.15, 0.2) is 35.6 Å². The molecule has 0 radical (unpaired) electrons. The summed E-state index contributed by atoms with van der Waals surface area (Å²) in [5, 5.41) is 23.5. The SMILES string of the molecule is Oc1cccc(C=NNc2ncc(Cl)cc2Cl)c1O. The zero-order chi connectivity index (χ0) is 13.8. The topological polar surface area (TPSA) is 77.7 Å². The van der Waals surface area contributed by atoms with Crippen molar-refractivity contribution in [2.75, 3.05) is 5.43 Å². The second-order valence-corrected chi connectivity index (χ2v) is 4.41. The maximum Gasteiger partial charge on any atom is 0.166 e. The minimum absolute atomic E-state index is 0.216. The van der Waals surface area contributed by atoms with Crippen LogP contribution < -0.4 is 5.43 Å².